The van der Waals surface area contributed by atoms with Crippen molar-refractivity contribution in [2.45, 2.75) is 122 Å². The molecule has 2 aliphatic carbocycles. The molecular weight excluding hydrogens is 940 g/mol. The SMILES string of the molecule is CC1(C)CCC(C)(C)c2c1c[c-]c1c3nc(C(C)(C)c4ccc5c(n4)c4[c-]cc6c(c4c4nc7ccccc7n54)C(C)(C)CCC6(C)C)ccc3n3c4ccccc4nc3c21.[Pt+2]. The van der Waals surface area contributed by atoms with E-state index in [-0.39, 0.29) is 42.7 Å². The van der Waals surface area contributed by atoms with Crippen LogP contribution in [-0.2, 0) is 48.1 Å². The molecule has 0 saturated carbocycles. The van der Waals surface area contributed by atoms with Gasteiger partial charge in [-0.3, -0.25) is 9.97 Å². The van der Waals surface area contributed by atoms with Crippen molar-refractivity contribution in [2.24, 2.45) is 0 Å². The number of nitrogens with zero attached hydrogens (tertiary/aromatic N) is 6. The second-order valence-electron chi connectivity index (χ2n) is 21.5. The summed E-state index contributed by atoms with van der Waals surface area (Å²) in [6, 6.07) is 38.2. The van der Waals surface area contributed by atoms with Crippen LogP contribution in [0.2, 0.25) is 0 Å². The molecule has 12 rings (SSSR count). The number of pyridine rings is 4. The van der Waals surface area contributed by atoms with Crippen molar-refractivity contribution in [2.75, 3.05) is 0 Å². The number of rotatable bonds is 2. The van der Waals surface area contributed by atoms with Gasteiger partial charge in [0.25, 0.3) is 0 Å². The Morgan fingerprint density at radius 3 is 1.29 bits per heavy atom. The fourth-order valence-corrected chi connectivity index (χ4v) is 11.5. The number of fused-ring (bicyclic) bond motifs is 20. The van der Waals surface area contributed by atoms with E-state index in [1.54, 1.807) is 0 Å². The van der Waals surface area contributed by atoms with E-state index in [4.69, 9.17) is 19.9 Å². The van der Waals surface area contributed by atoms with Crippen molar-refractivity contribution in [3.8, 4) is 0 Å². The molecule has 4 aromatic carbocycles. The number of hydrogen-bond donors (Lipinski definition) is 0. The zero-order valence-electron chi connectivity index (χ0n) is 37.4. The van der Waals surface area contributed by atoms with Gasteiger partial charge < -0.3 is 8.80 Å². The smallest absolute Gasteiger partial charge is 0.307 e. The molecule has 312 valence electrons. The van der Waals surface area contributed by atoms with Crippen LogP contribution in [-0.4, -0.2) is 28.7 Å². The summed E-state index contributed by atoms with van der Waals surface area (Å²) < 4.78 is 4.70. The second kappa shape index (κ2) is 12.7. The van der Waals surface area contributed by atoms with Crippen LogP contribution in [0.5, 0.6) is 0 Å². The average Bonchev–Trinajstić information content (AvgIpc) is 3.83. The monoisotopic (exact) mass is 991 g/mol. The molecule has 0 spiro atoms. The van der Waals surface area contributed by atoms with Gasteiger partial charge in [0.15, 0.2) is 0 Å². The van der Waals surface area contributed by atoms with Crippen molar-refractivity contribution in [3.05, 3.63) is 131 Å². The first-order chi connectivity index (χ1) is 29.0. The summed E-state index contributed by atoms with van der Waals surface area (Å²) >= 11 is 0. The minimum absolute atomic E-state index is 0. The Labute approximate surface area is 377 Å². The van der Waals surface area contributed by atoms with Crippen LogP contribution in [0.4, 0.5) is 0 Å². The first kappa shape index (κ1) is 39.6. The number of imidazole rings is 2. The molecule has 62 heavy (non-hydrogen) atoms. The van der Waals surface area contributed by atoms with Crippen LogP contribution >= 0.6 is 0 Å². The molecule has 6 heterocycles. The molecule has 10 aromatic rings. The number of aromatic nitrogens is 6. The second-order valence-corrected chi connectivity index (χ2v) is 21.5. The topological polar surface area (TPSA) is 60.4 Å². The largest absolute Gasteiger partial charge is 2.00 e. The van der Waals surface area contributed by atoms with Gasteiger partial charge in [0.2, 0.25) is 0 Å². The van der Waals surface area contributed by atoms with Crippen LogP contribution in [0.25, 0.3) is 77.0 Å². The third kappa shape index (κ3) is 5.19. The molecule has 0 saturated heterocycles. The van der Waals surface area contributed by atoms with Crippen molar-refractivity contribution in [3.63, 3.8) is 0 Å². The Hall–Kier alpha value is -5.19. The summed E-state index contributed by atoms with van der Waals surface area (Å²) in [7, 11) is 0. The Bertz CT molecular complexity index is 3350. The first-order valence-electron chi connectivity index (χ1n) is 22.2. The van der Waals surface area contributed by atoms with Crippen molar-refractivity contribution in [1.82, 2.24) is 28.7 Å². The minimum atomic E-state index is -0.552. The Morgan fingerprint density at radius 2 is 0.871 bits per heavy atom. The molecule has 0 unspecified atom stereocenters. The van der Waals surface area contributed by atoms with Crippen LogP contribution < -0.4 is 0 Å². The maximum absolute atomic E-state index is 5.70. The van der Waals surface area contributed by atoms with E-state index in [1.807, 2.05) is 0 Å². The summed E-state index contributed by atoms with van der Waals surface area (Å²) in [6.45, 7) is 23.7. The molecule has 0 atom stereocenters. The van der Waals surface area contributed by atoms with Crippen molar-refractivity contribution >= 4 is 77.0 Å². The van der Waals surface area contributed by atoms with Crippen LogP contribution in [0, 0.1) is 12.1 Å². The molecule has 0 aliphatic heterocycles. The maximum Gasteiger partial charge on any atom is 2.00 e. The van der Waals surface area contributed by atoms with E-state index in [0.29, 0.717) is 0 Å². The normalized spacial score (nSPS) is 18.0. The molecule has 0 fully saturated rings. The summed E-state index contributed by atoms with van der Waals surface area (Å²) in [5, 5.41) is 4.44. The van der Waals surface area contributed by atoms with Gasteiger partial charge in [-0.25, -0.2) is 9.97 Å². The third-order valence-corrected chi connectivity index (χ3v) is 15.4. The number of hydrogen-bond acceptors (Lipinski definition) is 4. The zero-order valence-corrected chi connectivity index (χ0v) is 39.7. The van der Waals surface area contributed by atoms with Gasteiger partial charge in [0.1, 0.15) is 11.3 Å². The Morgan fingerprint density at radius 1 is 0.484 bits per heavy atom. The van der Waals surface area contributed by atoms with Gasteiger partial charge in [0, 0.05) is 38.9 Å². The molecule has 0 amide bonds. The van der Waals surface area contributed by atoms with Crippen molar-refractivity contribution in [1.29, 1.82) is 0 Å². The van der Waals surface area contributed by atoms with Gasteiger partial charge in [-0.15, -0.1) is 57.3 Å². The predicted octanol–water partition coefficient (Wildman–Crippen LogP) is 13.3. The number of para-hydroxylation sites is 4. The minimum Gasteiger partial charge on any atom is -0.307 e. The fraction of sp³-hybridized carbons (Fsp3) is 0.345. The summed E-state index contributed by atoms with van der Waals surface area (Å²) in [4.78, 5) is 22.1. The Balaban J connectivity index is 0.00000432. The molecule has 6 nitrogen and oxygen atoms in total. The fourth-order valence-electron chi connectivity index (χ4n) is 11.5. The quantitative estimate of drug-likeness (QED) is 0.128. The van der Waals surface area contributed by atoms with Gasteiger partial charge >= 0.3 is 21.1 Å². The van der Waals surface area contributed by atoms with E-state index in [1.165, 1.54) is 33.0 Å². The van der Waals surface area contributed by atoms with Crippen LogP contribution in [0.1, 0.15) is 129 Å². The molecule has 0 bridgehead atoms. The predicted molar refractivity (Wildman–Crippen MR) is 251 cm³/mol. The van der Waals surface area contributed by atoms with E-state index < -0.39 is 5.41 Å². The van der Waals surface area contributed by atoms with E-state index >= 15 is 0 Å². The molecule has 0 radical (unpaired) electrons. The molecule has 7 heteroatoms. The van der Waals surface area contributed by atoms with Gasteiger partial charge in [-0.2, -0.15) is 0 Å². The third-order valence-electron chi connectivity index (χ3n) is 15.4. The molecule has 0 N–H and O–H groups in total. The summed E-state index contributed by atoms with van der Waals surface area (Å²) in [5.74, 6) is 0. The van der Waals surface area contributed by atoms with Gasteiger partial charge in [-0.05, 0) is 96.9 Å². The van der Waals surface area contributed by atoms with Gasteiger partial charge in [0.05, 0.1) is 22.1 Å². The first-order valence-corrected chi connectivity index (χ1v) is 22.2. The standard InChI is InChI=1S/C55H52N6.Pt/c1-51(2)27-29-53(5,6)45-33(51)21-19-31-43(45)49-56-35-15-11-13-17-37(35)60(49)39-23-25-41(58-47(31)39)55(9,10)42-26-24-40-48(59-42)32-20-22-34-46(54(7,8)30-28-52(34,3)4)44(32)50-57-36-16-12-14-18-38(36)61(40)50;/h11-18,21-26H,27-30H2,1-10H3;/q-2;+2. The maximum atomic E-state index is 5.70. The number of benzene rings is 4. The van der Waals surface area contributed by atoms with E-state index in [9.17, 15) is 0 Å². The molecule has 2 aliphatic rings. The van der Waals surface area contributed by atoms with Crippen LogP contribution in [0.3, 0.4) is 0 Å². The molecule has 6 aromatic heterocycles. The zero-order chi connectivity index (χ0) is 42.2. The summed E-state index contributed by atoms with van der Waals surface area (Å²) in [6.07, 6.45) is 4.48. The van der Waals surface area contributed by atoms with E-state index in [0.717, 1.165) is 103 Å². The summed E-state index contributed by atoms with van der Waals surface area (Å²) in [5.41, 5.74) is 17.0. The van der Waals surface area contributed by atoms with Crippen molar-refractivity contribution < 1.29 is 21.1 Å². The van der Waals surface area contributed by atoms with Gasteiger partial charge in [-0.1, -0.05) is 103 Å². The average molecular weight is 992 g/mol. The Kier molecular flexibility index (Phi) is 8.13. The van der Waals surface area contributed by atoms with E-state index in [2.05, 4.69) is 175 Å². The molecular formula is C55H52N6Pt. The van der Waals surface area contributed by atoms with Crippen LogP contribution in [0.15, 0.2) is 84.9 Å².